The molecule has 0 aromatic heterocycles. The maximum absolute atomic E-state index is 14.5. The monoisotopic (exact) mass is 524 g/mol. The Bertz CT molecular complexity index is 1490. The van der Waals surface area contributed by atoms with E-state index in [-0.39, 0.29) is 30.3 Å². The molecule has 0 bridgehead atoms. The van der Waals surface area contributed by atoms with Crippen molar-refractivity contribution < 1.29 is 28.6 Å². The minimum Gasteiger partial charge on any atom is -0.480 e. The summed E-state index contributed by atoms with van der Waals surface area (Å²) in [5, 5.41) is 11.8. The van der Waals surface area contributed by atoms with Crippen LogP contribution in [-0.4, -0.2) is 41.1 Å². The van der Waals surface area contributed by atoms with Gasteiger partial charge in [-0.05, 0) is 46.0 Å². The molecule has 39 heavy (non-hydrogen) atoms. The number of nitrogens with zero attached hydrogens (tertiary/aromatic N) is 1. The van der Waals surface area contributed by atoms with Gasteiger partial charge in [-0.15, -0.1) is 0 Å². The van der Waals surface area contributed by atoms with Crippen LogP contribution in [0.15, 0.2) is 97.1 Å². The van der Waals surface area contributed by atoms with Gasteiger partial charge in [0.15, 0.2) is 0 Å². The van der Waals surface area contributed by atoms with Gasteiger partial charge in [-0.1, -0.05) is 78.9 Å². The summed E-state index contributed by atoms with van der Waals surface area (Å²) in [7, 11) is 0. The summed E-state index contributed by atoms with van der Waals surface area (Å²) in [4.78, 5) is 38.3. The first-order chi connectivity index (χ1) is 18.9. The number of halogens is 1. The van der Waals surface area contributed by atoms with Crippen LogP contribution in [0.3, 0.4) is 0 Å². The van der Waals surface area contributed by atoms with Crippen molar-refractivity contribution >= 4 is 23.7 Å². The van der Waals surface area contributed by atoms with Gasteiger partial charge in [0.05, 0.1) is 0 Å². The maximum Gasteiger partial charge on any atom is 0.411 e. The molecule has 4 aromatic rings. The summed E-state index contributed by atoms with van der Waals surface area (Å²) in [6.07, 6.45) is -0.799. The Morgan fingerprint density at radius 1 is 0.846 bits per heavy atom. The van der Waals surface area contributed by atoms with Crippen molar-refractivity contribution in [2.75, 3.05) is 18.5 Å². The van der Waals surface area contributed by atoms with Gasteiger partial charge in [0.25, 0.3) is 5.91 Å². The van der Waals surface area contributed by atoms with E-state index < -0.39 is 30.3 Å². The van der Waals surface area contributed by atoms with E-state index in [1.54, 1.807) is 30.3 Å². The molecule has 0 aliphatic heterocycles. The predicted molar refractivity (Wildman–Crippen MR) is 144 cm³/mol. The smallest absolute Gasteiger partial charge is 0.411 e. The molecule has 0 heterocycles. The van der Waals surface area contributed by atoms with E-state index in [0.717, 1.165) is 44.8 Å². The van der Waals surface area contributed by atoms with Crippen molar-refractivity contribution in [2.45, 2.75) is 12.5 Å². The Hall–Kier alpha value is -4.98. The first-order valence-corrected chi connectivity index (χ1v) is 12.4. The molecule has 7 nitrogen and oxygen atoms in total. The van der Waals surface area contributed by atoms with Gasteiger partial charge >= 0.3 is 12.1 Å². The van der Waals surface area contributed by atoms with E-state index in [4.69, 9.17) is 4.74 Å². The van der Waals surface area contributed by atoms with Crippen molar-refractivity contribution in [3.05, 3.63) is 125 Å². The fourth-order valence-corrected chi connectivity index (χ4v) is 4.89. The summed E-state index contributed by atoms with van der Waals surface area (Å²) in [5.74, 6) is -2.79. The van der Waals surface area contributed by atoms with E-state index in [0.29, 0.717) is 0 Å². The number of nitrogens with one attached hydrogen (secondary N) is 1. The van der Waals surface area contributed by atoms with Crippen LogP contribution in [0.2, 0.25) is 0 Å². The molecule has 1 aliphatic carbocycles. The average Bonchev–Trinajstić information content (AvgIpc) is 3.25. The third-order valence-corrected chi connectivity index (χ3v) is 6.56. The molecule has 5 rings (SSSR count). The van der Waals surface area contributed by atoms with E-state index in [1.165, 1.54) is 6.07 Å². The van der Waals surface area contributed by atoms with Crippen LogP contribution >= 0.6 is 0 Å². The molecule has 8 heteroatoms. The van der Waals surface area contributed by atoms with Crippen molar-refractivity contribution in [3.8, 4) is 11.1 Å². The predicted octanol–water partition coefficient (Wildman–Crippen LogP) is 5.91. The fourth-order valence-electron chi connectivity index (χ4n) is 4.89. The summed E-state index contributed by atoms with van der Waals surface area (Å²) >= 11 is 0. The van der Waals surface area contributed by atoms with Crippen LogP contribution in [-0.2, 0) is 16.1 Å². The summed E-state index contributed by atoms with van der Waals surface area (Å²) in [6.45, 7) is -0.471. The van der Waals surface area contributed by atoms with Crippen LogP contribution in [0.25, 0.3) is 11.1 Å². The van der Waals surface area contributed by atoms with E-state index in [2.05, 4.69) is 5.32 Å². The van der Waals surface area contributed by atoms with E-state index in [9.17, 15) is 23.9 Å². The second kappa shape index (κ2) is 11.2. The van der Waals surface area contributed by atoms with Crippen molar-refractivity contribution in [2.24, 2.45) is 0 Å². The summed E-state index contributed by atoms with van der Waals surface area (Å²) in [6, 6.07) is 28.1. The fraction of sp³-hybridized carbons (Fsp3) is 0.129. The molecule has 0 spiro atoms. The Morgan fingerprint density at radius 3 is 2.10 bits per heavy atom. The lowest BCUT2D eigenvalue weighted by molar-refractivity contribution is -0.137. The van der Waals surface area contributed by atoms with Crippen LogP contribution in [0, 0.1) is 5.82 Å². The topological polar surface area (TPSA) is 95.9 Å². The molecule has 4 aromatic carbocycles. The SMILES string of the molecule is O=C(O)CN(Cc1ccccc1)C(=O)c1cc(F)cc(NC(=O)OCC2c3ccccc3-c3ccccc32)c1. The molecule has 0 atom stereocenters. The first-order valence-electron chi connectivity index (χ1n) is 12.4. The van der Waals surface area contributed by atoms with Crippen LogP contribution < -0.4 is 5.32 Å². The zero-order valence-electron chi connectivity index (χ0n) is 20.8. The number of anilines is 1. The van der Waals surface area contributed by atoms with Gasteiger partial charge < -0.3 is 14.7 Å². The zero-order chi connectivity index (χ0) is 27.4. The van der Waals surface area contributed by atoms with Crippen LogP contribution in [0.4, 0.5) is 14.9 Å². The van der Waals surface area contributed by atoms with Gasteiger partial charge in [0, 0.05) is 23.7 Å². The number of carboxylic acid groups (broad SMARTS) is 1. The number of hydrogen-bond acceptors (Lipinski definition) is 4. The number of benzene rings is 4. The third-order valence-electron chi connectivity index (χ3n) is 6.56. The highest BCUT2D eigenvalue weighted by molar-refractivity contribution is 5.97. The molecular weight excluding hydrogens is 499 g/mol. The standard InChI is InChI=1S/C31H25FN2O5/c32-22-14-21(30(37)34(18-29(35)36)17-20-8-2-1-3-9-20)15-23(16-22)33-31(38)39-19-28-26-12-6-4-10-24(26)25-11-5-7-13-27(25)28/h1-16,28H,17-19H2,(H,33,38)(H,35,36). The Kier molecular flexibility index (Phi) is 7.36. The number of carbonyl (C=O) groups is 3. The average molecular weight is 525 g/mol. The second-order valence-corrected chi connectivity index (χ2v) is 9.22. The lowest BCUT2D eigenvalue weighted by Crippen LogP contribution is -2.35. The van der Waals surface area contributed by atoms with Gasteiger partial charge in [0.2, 0.25) is 0 Å². The summed E-state index contributed by atoms with van der Waals surface area (Å²) < 4.78 is 20.0. The highest BCUT2D eigenvalue weighted by atomic mass is 19.1. The van der Waals surface area contributed by atoms with Gasteiger partial charge in [0.1, 0.15) is 19.0 Å². The Balaban J connectivity index is 1.29. The lowest BCUT2D eigenvalue weighted by Gasteiger charge is -2.21. The number of hydrogen-bond donors (Lipinski definition) is 2. The minimum absolute atomic E-state index is 0.0190. The molecule has 0 radical (unpaired) electrons. The zero-order valence-corrected chi connectivity index (χ0v) is 20.8. The first kappa shape index (κ1) is 25.7. The van der Waals surface area contributed by atoms with Gasteiger partial charge in [-0.3, -0.25) is 14.9 Å². The second-order valence-electron chi connectivity index (χ2n) is 9.22. The highest BCUT2D eigenvalue weighted by Crippen LogP contribution is 2.44. The molecule has 0 saturated heterocycles. The molecule has 2 amide bonds. The Labute approximate surface area is 224 Å². The number of fused-ring (bicyclic) bond motifs is 3. The number of carbonyl (C=O) groups excluding carboxylic acids is 2. The molecular formula is C31H25FN2O5. The quantitative estimate of drug-likeness (QED) is 0.299. The largest absolute Gasteiger partial charge is 0.480 e. The number of amides is 2. The number of rotatable bonds is 8. The molecule has 1 aliphatic rings. The molecule has 0 saturated carbocycles. The summed E-state index contributed by atoms with van der Waals surface area (Å²) in [5.41, 5.74) is 4.95. The molecule has 2 N–H and O–H groups in total. The van der Waals surface area contributed by atoms with E-state index in [1.807, 2.05) is 48.5 Å². The third kappa shape index (κ3) is 5.80. The molecule has 0 fully saturated rings. The highest BCUT2D eigenvalue weighted by Gasteiger charge is 2.29. The normalized spacial score (nSPS) is 11.8. The maximum atomic E-state index is 14.5. The number of ether oxygens (including phenoxy) is 1. The van der Waals surface area contributed by atoms with Crippen molar-refractivity contribution in [1.29, 1.82) is 0 Å². The molecule has 196 valence electrons. The lowest BCUT2D eigenvalue weighted by atomic mass is 9.98. The van der Waals surface area contributed by atoms with Crippen LogP contribution in [0.1, 0.15) is 33.0 Å². The Morgan fingerprint density at radius 2 is 1.46 bits per heavy atom. The van der Waals surface area contributed by atoms with Gasteiger partial charge in [-0.2, -0.15) is 0 Å². The minimum atomic E-state index is -1.20. The number of carboxylic acids is 1. The molecule has 0 unspecified atom stereocenters. The van der Waals surface area contributed by atoms with Crippen molar-refractivity contribution in [3.63, 3.8) is 0 Å². The number of aliphatic carboxylic acids is 1. The van der Waals surface area contributed by atoms with E-state index >= 15 is 0 Å². The van der Waals surface area contributed by atoms with Gasteiger partial charge in [-0.25, -0.2) is 9.18 Å². The van der Waals surface area contributed by atoms with Crippen molar-refractivity contribution in [1.82, 2.24) is 4.90 Å². The van der Waals surface area contributed by atoms with Crippen LogP contribution in [0.5, 0.6) is 0 Å².